The number of hydrogen-bond donors (Lipinski definition) is 3. The molecule has 0 spiro atoms. The number of rotatable bonds is 9. The Morgan fingerprint density at radius 3 is 2.05 bits per heavy atom. The number of benzene rings is 3. The van der Waals surface area contributed by atoms with Crippen molar-refractivity contribution in [3.8, 4) is 0 Å². The zero-order chi connectivity index (χ0) is 27.9. The number of carbonyl (C=O) groups is 2. The minimum absolute atomic E-state index is 0.156. The molecule has 2 fully saturated rings. The quantitative estimate of drug-likeness (QED) is 0.328. The Labute approximate surface area is 238 Å². The van der Waals surface area contributed by atoms with Crippen LogP contribution in [0.4, 0.5) is 16.2 Å². The maximum atomic E-state index is 13.4. The van der Waals surface area contributed by atoms with Crippen molar-refractivity contribution in [3.05, 3.63) is 95.6 Å². The molecule has 0 radical (unpaired) electrons. The lowest BCUT2D eigenvalue weighted by atomic mass is 9.91. The molecular formula is C33H41N5O2. The lowest BCUT2D eigenvalue weighted by molar-refractivity contribution is 0.0931. The number of nitrogens with one attached hydrogen (secondary N) is 3. The van der Waals surface area contributed by atoms with E-state index in [2.05, 4.69) is 81.5 Å². The first-order valence-electron chi connectivity index (χ1n) is 14.5. The van der Waals surface area contributed by atoms with Gasteiger partial charge >= 0.3 is 6.03 Å². The summed E-state index contributed by atoms with van der Waals surface area (Å²) in [6.45, 7) is 2.56. The van der Waals surface area contributed by atoms with Crippen molar-refractivity contribution in [2.24, 2.45) is 5.92 Å². The second-order valence-corrected chi connectivity index (χ2v) is 11.3. The van der Waals surface area contributed by atoms with Gasteiger partial charge in [-0.1, -0.05) is 60.7 Å². The van der Waals surface area contributed by atoms with Gasteiger partial charge in [0, 0.05) is 32.4 Å². The minimum Gasteiger partial charge on any atom is -0.378 e. The van der Waals surface area contributed by atoms with Crippen LogP contribution in [0.3, 0.4) is 0 Å². The highest BCUT2D eigenvalue weighted by molar-refractivity contribution is 6.04. The predicted molar refractivity (Wildman–Crippen MR) is 162 cm³/mol. The lowest BCUT2D eigenvalue weighted by Gasteiger charge is -2.38. The monoisotopic (exact) mass is 539 g/mol. The molecule has 3 amide bonds. The summed E-state index contributed by atoms with van der Waals surface area (Å²) in [6, 6.07) is 27.2. The van der Waals surface area contributed by atoms with Gasteiger partial charge in [0.2, 0.25) is 0 Å². The van der Waals surface area contributed by atoms with Crippen molar-refractivity contribution >= 4 is 23.3 Å². The van der Waals surface area contributed by atoms with Gasteiger partial charge < -0.3 is 20.9 Å². The van der Waals surface area contributed by atoms with Crippen molar-refractivity contribution in [2.75, 3.05) is 43.9 Å². The zero-order valence-corrected chi connectivity index (χ0v) is 23.6. The number of carbonyl (C=O) groups excluding carboxylic acids is 2. The fourth-order valence-corrected chi connectivity index (χ4v) is 5.64. The number of urea groups is 1. The predicted octanol–water partition coefficient (Wildman–Crippen LogP) is 5.66. The molecule has 1 saturated heterocycles. The third-order valence-electron chi connectivity index (χ3n) is 8.25. The van der Waals surface area contributed by atoms with E-state index in [0.29, 0.717) is 23.7 Å². The summed E-state index contributed by atoms with van der Waals surface area (Å²) in [4.78, 5) is 30.4. The van der Waals surface area contributed by atoms with Crippen LogP contribution in [0.25, 0.3) is 0 Å². The van der Waals surface area contributed by atoms with E-state index in [1.54, 1.807) is 0 Å². The Bertz CT molecular complexity index is 1230. The second-order valence-electron chi connectivity index (χ2n) is 11.3. The summed E-state index contributed by atoms with van der Waals surface area (Å²) >= 11 is 0. The Hall–Kier alpha value is -3.84. The summed E-state index contributed by atoms with van der Waals surface area (Å²) in [5, 5.41) is 9.07. The number of hydrogen-bond acceptors (Lipinski definition) is 4. The Morgan fingerprint density at radius 1 is 0.875 bits per heavy atom. The standard InChI is InChI=1S/C33H41N5O2/c1-37(2)28-16-17-30(36-33(40)35-27-14-9-15-27)29(22-28)32(39)34-23-24-18-20-38(21-19-24)31(25-10-5-3-6-11-25)26-12-7-4-8-13-26/h3-8,10-13,16-17,22,24,27,31H,9,14-15,18-21,23H2,1-2H3,(H,34,39)(H2,35,36,40). The molecule has 1 heterocycles. The SMILES string of the molecule is CN(C)c1ccc(NC(=O)NC2CCC2)c(C(=O)NCC2CCN(C(c3ccccc3)c3ccccc3)CC2)c1. The van der Waals surface area contributed by atoms with Crippen LogP contribution in [0.15, 0.2) is 78.9 Å². The molecule has 0 bridgehead atoms. The highest BCUT2D eigenvalue weighted by atomic mass is 16.2. The van der Waals surface area contributed by atoms with E-state index in [1.165, 1.54) is 11.1 Å². The molecule has 210 valence electrons. The molecule has 3 aromatic carbocycles. The summed E-state index contributed by atoms with van der Waals surface area (Å²) in [5.41, 5.74) is 4.55. The molecule has 3 aromatic rings. The molecule has 0 aromatic heterocycles. The largest absolute Gasteiger partial charge is 0.378 e. The van der Waals surface area contributed by atoms with Crippen LogP contribution in [-0.2, 0) is 0 Å². The highest BCUT2D eigenvalue weighted by Crippen LogP contribution is 2.32. The van der Waals surface area contributed by atoms with E-state index in [9.17, 15) is 9.59 Å². The van der Waals surface area contributed by atoms with Gasteiger partial charge in [0.15, 0.2) is 0 Å². The van der Waals surface area contributed by atoms with Gasteiger partial charge in [-0.2, -0.15) is 0 Å². The van der Waals surface area contributed by atoms with E-state index in [4.69, 9.17) is 0 Å². The minimum atomic E-state index is -0.255. The smallest absolute Gasteiger partial charge is 0.319 e. The molecule has 5 rings (SSSR count). The first kappa shape index (κ1) is 27.7. The van der Waals surface area contributed by atoms with Crippen LogP contribution in [-0.4, -0.2) is 56.6 Å². The molecule has 0 unspecified atom stereocenters. The highest BCUT2D eigenvalue weighted by Gasteiger charge is 2.28. The third kappa shape index (κ3) is 6.83. The zero-order valence-electron chi connectivity index (χ0n) is 23.6. The Balaban J connectivity index is 1.21. The molecule has 3 N–H and O–H groups in total. The molecule has 40 heavy (non-hydrogen) atoms. The van der Waals surface area contributed by atoms with Gasteiger partial charge in [0.05, 0.1) is 17.3 Å². The van der Waals surface area contributed by atoms with Gasteiger partial charge in [0.1, 0.15) is 0 Å². The van der Waals surface area contributed by atoms with Crippen molar-refractivity contribution in [2.45, 2.75) is 44.2 Å². The summed E-state index contributed by atoms with van der Waals surface area (Å²) in [6.07, 6.45) is 5.20. The van der Waals surface area contributed by atoms with Crippen LogP contribution >= 0.6 is 0 Å². The van der Waals surface area contributed by atoms with Crippen LogP contribution in [0.2, 0.25) is 0 Å². The first-order valence-corrected chi connectivity index (χ1v) is 14.5. The lowest BCUT2D eigenvalue weighted by Crippen LogP contribution is -2.42. The van der Waals surface area contributed by atoms with Gasteiger partial charge in [-0.05, 0) is 80.4 Å². The van der Waals surface area contributed by atoms with Gasteiger partial charge in [-0.25, -0.2) is 4.79 Å². The maximum Gasteiger partial charge on any atom is 0.319 e. The van der Waals surface area contributed by atoms with Crippen molar-refractivity contribution < 1.29 is 9.59 Å². The average Bonchev–Trinajstić information content (AvgIpc) is 2.96. The topological polar surface area (TPSA) is 76.7 Å². The summed E-state index contributed by atoms with van der Waals surface area (Å²) < 4.78 is 0. The molecule has 7 nitrogen and oxygen atoms in total. The van der Waals surface area contributed by atoms with Crippen molar-refractivity contribution in [1.29, 1.82) is 0 Å². The number of nitrogens with zero attached hydrogens (tertiary/aromatic N) is 2. The van der Waals surface area contributed by atoms with Crippen LogP contribution in [0.1, 0.15) is 59.6 Å². The normalized spacial score (nSPS) is 16.3. The molecule has 7 heteroatoms. The van der Waals surface area contributed by atoms with Gasteiger partial charge in [-0.15, -0.1) is 0 Å². The van der Waals surface area contributed by atoms with E-state index in [1.807, 2.05) is 37.2 Å². The van der Waals surface area contributed by atoms with Crippen molar-refractivity contribution in [3.63, 3.8) is 0 Å². The molecule has 1 aliphatic heterocycles. The van der Waals surface area contributed by atoms with E-state index >= 15 is 0 Å². The maximum absolute atomic E-state index is 13.4. The number of amides is 3. The van der Waals surface area contributed by atoms with Crippen LogP contribution < -0.4 is 20.9 Å². The van der Waals surface area contributed by atoms with E-state index < -0.39 is 0 Å². The number of anilines is 2. The molecule has 0 atom stereocenters. The molecular weight excluding hydrogens is 498 g/mol. The fourth-order valence-electron chi connectivity index (χ4n) is 5.64. The fraction of sp³-hybridized carbons (Fsp3) is 0.394. The molecule has 1 aliphatic carbocycles. The third-order valence-corrected chi connectivity index (χ3v) is 8.25. The number of piperidine rings is 1. The Morgan fingerprint density at radius 2 is 1.50 bits per heavy atom. The second kappa shape index (κ2) is 13.0. The van der Waals surface area contributed by atoms with Gasteiger partial charge in [-0.3, -0.25) is 9.69 Å². The summed E-state index contributed by atoms with van der Waals surface area (Å²) in [7, 11) is 3.89. The molecule has 2 aliphatic rings. The van der Waals surface area contributed by atoms with Crippen molar-refractivity contribution in [1.82, 2.24) is 15.5 Å². The Kier molecular flexibility index (Phi) is 9.01. The van der Waals surface area contributed by atoms with Crippen LogP contribution in [0.5, 0.6) is 0 Å². The first-order chi connectivity index (χ1) is 19.5. The molecule has 1 saturated carbocycles. The van der Waals surface area contributed by atoms with Crippen LogP contribution in [0, 0.1) is 5.92 Å². The average molecular weight is 540 g/mol. The summed E-state index contributed by atoms with van der Waals surface area (Å²) in [5.74, 6) is 0.249. The van der Waals surface area contributed by atoms with E-state index in [0.717, 1.165) is 50.9 Å². The van der Waals surface area contributed by atoms with Gasteiger partial charge in [0.25, 0.3) is 5.91 Å². The number of likely N-dealkylation sites (tertiary alicyclic amines) is 1. The van der Waals surface area contributed by atoms with E-state index in [-0.39, 0.29) is 24.0 Å².